The van der Waals surface area contributed by atoms with Crippen LogP contribution in [0.3, 0.4) is 0 Å². The Balaban J connectivity index is 1.32. The fraction of sp³-hybridized carbons (Fsp3) is 0.408. The normalized spacial score (nSPS) is 19.5. The van der Waals surface area contributed by atoms with Gasteiger partial charge in [-0.1, -0.05) is 215 Å². The molecule has 0 N–H and O–H groups in total. The number of benzene rings is 7. The van der Waals surface area contributed by atoms with E-state index in [0.717, 1.165) is 6.42 Å². The Morgan fingerprint density at radius 2 is 0.920 bits per heavy atom. The predicted octanol–water partition coefficient (Wildman–Crippen LogP) is 18.1. The van der Waals surface area contributed by atoms with Gasteiger partial charge in [0.1, 0.15) is 0 Å². The van der Waals surface area contributed by atoms with Crippen LogP contribution in [0.4, 0.5) is 45.5 Å². The van der Waals surface area contributed by atoms with Crippen LogP contribution in [0.2, 0.25) is 0 Å². The van der Waals surface area contributed by atoms with Crippen molar-refractivity contribution in [3.05, 3.63) is 173 Å². The minimum absolute atomic E-state index is 0.0170. The number of anilines is 8. The maximum absolute atomic E-state index is 2.86. The topological polar surface area (TPSA) is 9.72 Å². The monoisotopic (exact) mass is 990 g/mol. The Hall–Kier alpha value is -6.00. The van der Waals surface area contributed by atoms with Gasteiger partial charge >= 0.3 is 0 Å². The zero-order chi connectivity index (χ0) is 53.6. The van der Waals surface area contributed by atoms with E-state index in [-0.39, 0.29) is 44.7 Å². The molecule has 7 aromatic rings. The molecule has 0 amide bonds. The van der Waals surface area contributed by atoms with Gasteiger partial charge in [-0.3, -0.25) is 0 Å². The summed E-state index contributed by atoms with van der Waals surface area (Å²) in [6.45, 7) is 40.6. The van der Waals surface area contributed by atoms with E-state index >= 15 is 0 Å². The number of hydrogen-bond acceptors (Lipinski definition) is 3. The third-order valence-electron chi connectivity index (χ3n) is 18.4. The Bertz CT molecular complexity index is 3380. The highest BCUT2D eigenvalue weighted by atomic mass is 15.3. The van der Waals surface area contributed by atoms with Gasteiger partial charge in [0.2, 0.25) is 0 Å². The van der Waals surface area contributed by atoms with Crippen LogP contribution in [0.1, 0.15) is 183 Å². The molecule has 1 saturated carbocycles. The molecule has 4 heteroatoms. The average Bonchev–Trinajstić information content (AvgIpc) is 3.41. The minimum Gasteiger partial charge on any atom is -0.334 e. The van der Waals surface area contributed by atoms with Gasteiger partial charge < -0.3 is 14.7 Å². The maximum Gasteiger partial charge on any atom is 0.252 e. The van der Waals surface area contributed by atoms with Gasteiger partial charge in [0.25, 0.3) is 6.71 Å². The summed E-state index contributed by atoms with van der Waals surface area (Å²) < 4.78 is 0. The minimum atomic E-state index is -0.172. The first kappa shape index (κ1) is 51.1. The molecule has 3 heterocycles. The molecule has 0 aromatic heterocycles. The van der Waals surface area contributed by atoms with Crippen molar-refractivity contribution in [3.8, 4) is 11.1 Å². The van der Waals surface area contributed by atoms with Gasteiger partial charge in [0, 0.05) is 50.8 Å². The Morgan fingerprint density at radius 3 is 1.56 bits per heavy atom. The summed E-state index contributed by atoms with van der Waals surface area (Å²) in [6.07, 6.45) is 6.03. The number of rotatable bonds is 4. The van der Waals surface area contributed by atoms with E-state index in [4.69, 9.17) is 0 Å². The van der Waals surface area contributed by atoms with Crippen LogP contribution in [0.5, 0.6) is 0 Å². The summed E-state index contributed by atoms with van der Waals surface area (Å²) in [5.41, 5.74) is 24.5. The van der Waals surface area contributed by atoms with Gasteiger partial charge in [-0.25, -0.2) is 0 Å². The van der Waals surface area contributed by atoms with Crippen molar-refractivity contribution < 1.29 is 0 Å². The largest absolute Gasteiger partial charge is 0.334 e. The summed E-state index contributed by atoms with van der Waals surface area (Å²) in [5, 5.41) is 0. The fourth-order valence-corrected chi connectivity index (χ4v) is 13.5. The maximum atomic E-state index is 2.86. The van der Waals surface area contributed by atoms with Crippen molar-refractivity contribution in [2.24, 2.45) is 0 Å². The average molecular weight is 990 g/mol. The second-order valence-corrected chi connectivity index (χ2v) is 28.7. The van der Waals surface area contributed by atoms with Crippen LogP contribution in [0.15, 0.2) is 140 Å². The highest BCUT2D eigenvalue weighted by Crippen LogP contribution is 2.62. The van der Waals surface area contributed by atoms with Gasteiger partial charge in [-0.2, -0.15) is 0 Å². The Morgan fingerprint density at radius 1 is 0.387 bits per heavy atom. The molecule has 1 fully saturated rings. The number of fused-ring (bicyclic) bond motifs is 7. The van der Waals surface area contributed by atoms with Gasteiger partial charge in [0.15, 0.2) is 0 Å². The first-order valence-corrected chi connectivity index (χ1v) is 28.4. The molecular formula is C71H84BN3. The number of hydrogen-bond donors (Lipinski definition) is 0. The van der Waals surface area contributed by atoms with E-state index in [9.17, 15) is 0 Å². The van der Waals surface area contributed by atoms with Gasteiger partial charge in [-0.05, 0) is 157 Å². The Labute approximate surface area is 452 Å². The molecule has 0 spiro atoms. The molecule has 0 saturated heterocycles. The summed E-state index contributed by atoms with van der Waals surface area (Å²) in [5.74, 6) is 0. The highest BCUT2D eigenvalue weighted by molar-refractivity contribution is 7.00. The van der Waals surface area contributed by atoms with Crippen molar-refractivity contribution in [3.63, 3.8) is 0 Å². The smallest absolute Gasteiger partial charge is 0.252 e. The van der Waals surface area contributed by atoms with Crippen LogP contribution in [0.25, 0.3) is 11.1 Å². The Kier molecular flexibility index (Phi) is 11.8. The van der Waals surface area contributed by atoms with Crippen molar-refractivity contribution in [1.29, 1.82) is 0 Å². The van der Waals surface area contributed by atoms with Crippen LogP contribution in [-0.4, -0.2) is 12.3 Å². The van der Waals surface area contributed by atoms with E-state index in [1.54, 1.807) is 0 Å². The lowest BCUT2D eigenvalue weighted by Crippen LogP contribution is -2.61. The van der Waals surface area contributed by atoms with Crippen molar-refractivity contribution in [2.45, 2.75) is 188 Å². The molecule has 0 bridgehead atoms. The second kappa shape index (κ2) is 17.3. The summed E-state index contributed by atoms with van der Waals surface area (Å²) in [7, 11) is 0. The number of nitrogens with zero attached hydrogens (tertiary/aromatic N) is 3. The molecule has 4 aliphatic rings. The van der Waals surface area contributed by atoms with Gasteiger partial charge in [-0.15, -0.1) is 0 Å². The quantitative estimate of drug-likeness (QED) is 0.163. The van der Waals surface area contributed by atoms with E-state index in [2.05, 4.69) is 272 Å². The molecule has 3 aliphatic heterocycles. The predicted molar refractivity (Wildman–Crippen MR) is 327 cm³/mol. The van der Waals surface area contributed by atoms with Crippen LogP contribution < -0.4 is 31.1 Å². The first-order valence-electron chi connectivity index (χ1n) is 28.4. The lowest BCUT2D eigenvalue weighted by molar-refractivity contribution is 0.261. The molecule has 75 heavy (non-hydrogen) atoms. The highest BCUT2D eigenvalue weighted by Gasteiger charge is 2.58. The third kappa shape index (κ3) is 8.29. The van der Waals surface area contributed by atoms with E-state index in [1.807, 2.05) is 0 Å². The van der Waals surface area contributed by atoms with Crippen molar-refractivity contribution in [2.75, 3.05) is 14.7 Å². The van der Waals surface area contributed by atoms with Crippen LogP contribution >= 0.6 is 0 Å². The molecule has 1 aliphatic carbocycles. The van der Waals surface area contributed by atoms with E-state index in [0.29, 0.717) is 0 Å². The first-order chi connectivity index (χ1) is 35.1. The molecular weight excluding hydrogens is 906 g/mol. The molecule has 2 atom stereocenters. The lowest BCUT2D eigenvalue weighted by atomic mass is 9.33. The van der Waals surface area contributed by atoms with Gasteiger partial charge in [0.05, 0.1) is 11.2 Å². The van der Waals surface area contributed by atoms with E-state index in [1.165, 1.54) is 132 Å². The molecule has 3 nitrogen and oxygen atoms in total. The second-order valence-electron chi connectivity index (χ2n) is 28.7. The molecule has 2 unspecified atom stereocenters. The zero-order valence-electron chi connectivity index (χ0n) is 48.7. The molecule has 0 radical (unpaired) electrons. The zero-order valence-corrected chi connectivity index (χ0v) is 48.7. The molecule has 11 rings (SSSR count). The molecule has 386 valence electrons. The summed E-state index contributed by atoms with van der Waals surface area (Å²) in [4.78, 5) is 8.24. The third-order valence-corrected chi connectivity index (χ3v) is 18.4. The lowest BCUT2D eigenvalue weighted by Gasteiger charge is -2.49. The summed E-state index contributed by atoms with van der Waals surface area (Å²) in [6, 6.07) is 55.8. The van der Waals surface area contributed by atoms with Crippen molar-refractivity contribution >= 4 is 68.6 Å². The van der Waals surface area contributed by atoms with Crippen molar-refractivity contribution in [1.82, 2.24) is 0 Å². The van der Waals surface area contributed by atoms with Crippen LogP contribution in [-0.2, 0) is 32.5 Å². The van der Waals surface area contributed by atoms with Crippen LogP contribution in [0, 0.1) is 0 Å². The fourth-order valence-electron chi connectivity index (χ4n) is 13.5. The standard InChI is InChI=1S/C71H84BN3/c1-65(2,3)47-27-24-28-52(39-47)73-61-43-51(69(13,14)15)29-33-56(61)72-57-42-50(68(10,11)12)32-36-60(57)74(58-34-30-48(66(4,5)6)40-54(58)46-25-20-18-21-26-46)63-45-53(44-62(73)64(63)72)75-59-35-31-49(67(7,8)9)41-55(59)70(16)37-22-19-23-38-71(70,75)17/h18,20-21,24-36,39-45H,19,22-23,37-38H2,1-17H3. The van der Waals surface area contributed by atoms with E-state index < -0.39 is 0 Å². The molecule has 7 aromatic carbocycles. The SMILES string of the molecule is CC(C)(C)c1cccc(N2c3cc(C(C)(C)C)ccc3B3c4cc(C(C)(C)C)ccc4N(c4ccc(C(C)(C)C)cc4-c4ccccc4)c4cc(N5c6ccc(C(C)(C)C)cc6C6(C)CCCCCC56C)cc2c43)c1. The summed E-state index contributed by atoms with van der Waals surface area (Å²) >= 11 is 0.